The Morgan fingerprint density at radius 3 is 2.65 bits per heavy atom. The molecule has 2 N–H and O–H groups in total. The van der Waals surface area contributed by atoms with Crippen molar-refractivity contribution in [2.24, 2.45) is 0 Å². The number of nitrogen functional groups attached to an aromatic ring is 1. The Morgan fingerprint density at radius 2 is 2.06 bits per heavy atom. The van der Waals surface area contributed by atoms with Crippen molar-refractivity contribution in [2.75, 3.05) is 23.5 Å². The third kappa shape index (κ3) is 5.18. The number of hydrogen-bond donors (Lipinski definition) is 1. The summed E-state index contributed by atoms with van der Waals surface area (Å²) < 4.78 is 34.3. The quantitative estimate of drug-likeness (QED) is 0.821. The summed E-state index contributed by atoms with van der Waals surface area (Å²) >= 11 is 3.32. The fraction of sp³-hybridized carbons (Fsp3) is 0.400. The number of rotatable bonds is 5. The average molecular weight is 340 g/mol. The number of nitrogens with two attached hydrogens (primary N) is 1. The van der Waals surface area contributed by atoms with Crippen LogP contribution in [0.25, 0.3) is 0 Å². The predicted molar refractivity (Wildman–Crippen MR) is 75.0 cm³/mol. The highest BCUT2D eigenvalue weighted by Crippen LogP contribution is 2.24. The summed E-state index contributed by atoms with van der Waals surface area (Å²) in [6.45, 7) is 0. The molecule has 0 aliphatic rings. The van der Waals surface area contributed by atoms with Gasteiger partial charge >= 0.3 is 0 Å². The monoisotopic (exact) mass is 339 g/mol. The van der Waals surface area contributed by atoms with E-state index in [4.69, 9.17) is 5.73 Å². The molecule has 0 bridgehead atoms. The van der Waals surface area contributed by atoms with Gasteiger partial charge in [0.1, 0.15) is 9.84 Å². The van der Waals surface area contributed by atoms with Crippen molar-refractivity contribution in [3.05, 3.63) is 28.2 Å². The zero-order valence-electron chi connectivity index (χ0n) is 9.35. The van der Waals surface area contributed by atoms with Crippen molar-refractivity contribution in [2.45, 2.75) is 5.75 Å². The third-order valence-corrected chi connectivity index (χ3v) is 5.57. The summed E-state index contributed by atoms with van der Waals surface area (Å²) in [5.41, 5.74) is 7.11. The molecule has 0 aromatic heterocycles. The first-order chi connectivity index (χ1) is 7.79. The van der Waals surface area contributed by atoms with Crippen molar-refractivity contribution in [3.8, 4) is 0 Å². The van der Waals surface area contributed by atoms with Crippen LogP contribution in [0, 0.1) is 0 Å². The Kier molecular flexibility index (Phi) is 5.15. The van der Waals surface area contributed by atoms with Gasteiger partial charge in [-0.25, -0.2) is 8.42 Å². The van der Waals surface area contributed by atoms with Gasteiger partial charge in [-0.1, -0.05) is 12.1 Å². The molecule has 0 saturated carbocycles. The van der Waals surface area contributed by atoms with Gasteiger partial charge < -0.3 is 5.73 Å². The molecule has 1 rings (SSSR count). The van der Waals surface area contributed by atoms with Crippen molar-refractivity contribution < 1.29 is 12.6 Å². The van der Waals surface area contributed by atoms with Crippen molar-refractivity contribution in [1.82, 2.24) is 0 Å². The molecule has 1 unspecified atom stereocenters. The molecule has 1 atom stereocenters. The molecule has 7 heteroatoms. The first-order valence-corrected chi connectivity index (χ1v) is 9.19. The second-order valence-corrected chi connectivity index (χ2v) is 8.37. The van der Waals surface area contributed by atoms with E-state index in [1.807, 2.05) is 6.07 Å². The number of hydrogen-bond acceptors (Lipinski definition) is 4. The summed E-state index contributed by atoms with van der Waals surface area (Å²) in [4.78, 5) is 0. The van der Waals surface area contributed by atoms with Crippen molar-refractivity contribution in [3.63, 3.8) is 0 Å². The summed E-state index contributed by atoms with van der Waals surface area (Å²) in [7, 11) is -4.26. The van der Waals surface area contributed by atoms with Crippen LogP contribution in [0.2, 0.25) is 0 Å². The molecule has 0 radical (unpaired) electrons. The maximum atomic E-state index is 11.7. The second-order valence-electron chi connectivity index (χ2n) is 3.74. The zero-order valence-corrected chi connectivity index (χ0v) is 12.6. The Morgan fingerprint density at radius 1 is 1.41 bits per heavy atom. The molecule has 0 aliphatic heterocycles. The number of benzene rings is 1. The molecule has 1 aromatic carbocycles. The number of halogens is 1. The Hall–Kier alpha value is -0.400. The molecular weight excluding hydrogens is 326 g/mol. The van der Waals surface area contributed by atoms with E-state index in [2.05, 4.69) is 15.9 Å². The average Bonchev–Trinajstić information content (AvgIpc) is 2.21. The molecule has 0 saturated heterocycles. The van der Waals surface area contributed by atoms with Crippen LogP contribution >= 0.6 is 15.9 Å². The SMILES string of the molecule is CS(=O)(=O)CCS(=O)Cc1cccc(N)c1Br. The first-order valence-electron chi connectivity index (χ1n) is 4.85. The highest BCUT2D eigenvalue weighted by Gasteiger charge is 2.10. The van der Waals surface area contributed by atoms with Crippen molar-refractivity contribution in [1.29, 1.82) is 0 Å². The van der Waals surface area contributed by atoms with E-state index >= 15 is 0 Å². The highest BCUT2D eigenvalue weighted by molar-refractivity contribution is 9.10. The molecule has 1 aromatic rings. The number of sulfone groups is 1. The molecule has 0 fully saturated rings. The lowest BCUT2D eigenvalue weighted by molar-refractivity contribution is 0.602. The topological polar surface area (TPSA) is 77.2 Å². The van der Waals surface area contributed by atoms with Gasteiger partial charge in [-0.05, 0) is 27.6 Å². The number of anilines is 1. The minimum atomic E-state index is -3.06. The van der Waals surface area contributed by atoms with Gasteiger partial charge in [0.05, 0.1) is 5.75 Å². The summed E-state index contributed by atoms with van der Waals surface area (Å²) in [6.07, 6.45) is 1.14. The predicted octanol–water partition coefficient (Wildman–Crippen LogP) is 1.32. The fourth-order valence-corrected chi connectivity index (χ4v) is 4.48. The standard InChI is InChI=1S/C10H14BrNO3S2/c1-17(14,15)6-5-16(13)7-8-3-2-4-9(12)10(8)11/h2-4H,5-7,12H2,1H3. The van der Waals surface area contributed by atoms with Crippen LogP contribution in [0.4, 0.5) is 5.69 Å². The maximum Gasteiger partial charge on any atom is 0.148 e. The summed E-state index contributed by atoms with van der Waals surface area (Å²) in [6, 6.07) is 5.34. The van der Waals surface area contributed by atoms with Gasteiger partial charge in [0.15, 0.2) is 0 Å². The normalized spacial score (nSPS) is 13.5. The minimum Gasteiger partial charge on any atom is -0.398 e. The highest BCUT2D eigenvalue weighted by atomic mass is 79.9. The molecule has 17 heavy (non-hydrogen) atoms. The fourth-order valence-electron chi connectivity index (χ4n) is 1.20. The molecule has 0 spiro atoms. The van der Waals surface area contributed by atoms with Crippen LogP contribution in [0.5, 0.6) is 0 Å². The minimum absolute atomic E-state index is 0.0560. The van der Waals surface area contributed by atoms with Crippen LogP contribution in [0.3, 0.4) is 0 Å². The molecule has 96 valence electrons. The summed E-state index contributed by atoms with van der Waals surface area (Å²) in [5, 5.41) is 0. The molecular formula is C10H14BrNO3S2. The van der Waals surface area contributed by atoms with Crippen LogP contribution in [-0.2, 0) is 26.4 Å². The Labute approximate surface area is 112 Å². The van der Waals surface area contributed by atoms with Crippen LogP contribution in [0.1, 0.15) is 5.56 Å². The van der Waals surface area contributed by atoms with E-state index in [9.17, 15) is 12.6 Å². The molecule has 0 heterocycles. The lowest BCUT2D eigenvalue weighted by atomic mass is 10.2. The smallest absolute Gasteiger partial charge is 0.148 e. The first kappa shape index (κ1) is 14.7. The van der Waals surface area contributed by atoms with Gasteiger partial charge in [0, 0.05) is 38.7 Å². The maximum absolute atomic E-state index is 11.7. The van der Waals surface area contributed by atoms with Gasteiger partial charge in [0.2, 0.25) is 0 Å². The molecule has 4 nitrogen and oxygen atoms in total. The molecule has 0 amide bonds. The van der Waals surface area contributed by atoms with Gasteiger partial charge in [-0.3, -0.25) is 4.21 Å². The van der Waals surface area contributed by atoms with Crippen molar-refractivity contribution >= 4 is 42.3 Å². The Bertz CT molecular complexity index is 528. The Balaban J connectivity index is 2.66. The van der Waals surface area contributed by atoms with E-state index in [1.165, 1.54) is 0 Å². The van der Waals surface area contributed by atoms with E-state index in [1.54, 1.807) is 12.1 Å². The van der Waals surface area contributed by atoms with Gasteiger partial charge in [-0.2, -0.15) is 0 Å². The van der Waals surface area contributed by atoms with E-state index in [0.717, 1.165) is 16.3 Å². The van der Waals surface area contributed by atoms with E-state index in [0.29, 0.717) is 11.4 Å². The van der Waals surface area contributed by atoms with E-state index < -0.39 is 20.6 Å². The van der Waals surface area contributed by atoms with Crippen LogP contribution < -0.4 is 5.73 Å². The zero-order chi connectivity index (χ0) is 13.1. The lowest BCUT2D eigenvalue weighted by Crippen LogP contribution is -2.13. The second kappa shape index (κ2) is 5.97. The molecule has 0 aliphatic carbocycles. The lowest BCUT2D eigenvalue weighted by Gasteiger charge is -2.06. The van der Waals surface area contributed by atoms with Crippen LogP contribution in [-0.4, -0.2) is 30.4 Å². The largest absolute Gasteiger partial charge is 0.398 e. The van der Waals surface area contributed by atoms with E-state index in [-0.39, 0.29) is 11.5 Å². The third-order valence-electron chi connectivity index (χ3n) is 2.11. The van der Waals surface area contributed by atoms with Gasteiger partial charge in [-0.15, -0.1) is 0 Å². The summed E-state index contributed by atoms with van der Waals surface area (Å²) in [5.74, 6) is 0.404. The van der Waals surface area contributed by atoms with Gasteiger partial charge in [0.25, 0.3) is 0 Å². The van der Waals surface area contributed by atoms with Crippen LogP contribution in [0.15, 0.2) is 22.7 Å².